The Kier molecular flexibility index (Phi) is 5.94. The highest BCUT2D eigenvalue weighted by atomic mass is 35.5. The lowest BCUT2D eigenvalue weighted by molar-refractivity contribution is -0.384. The van der Waals surface area contributed by atoms with Gasteiger partial charge in [0.05, 0.1) is 4.92 Å². The molecule has 2 aromatic carbocycles. The van der Waals surface area contributed by atoms with Crippen molar-refractivity contribution in [1.29, 1.82) is 0 Å². The van der Waals surface area contributed by atoms with Crippen molar-refractivity contribution < 1.29 is 9.72 Å². The molecule has 23 heavy (non-hydrogen) atoms. The minimum atomic E-state index is -0.439. The molecule has 2 rings (SSSR count). The lowest BCUT2D eigenvalue weighted by Crippen LogP contribution is -2.36. The molecule has 7 heteroatoms. The zero-order valence-electron chi connectivity index (χ0n) is 12.3. The number of benzene rings is 2. The second-order valence-electron chi connectivity index (χ2n) is 4.91. The third kappa shape index (κ3) is 5.60. The van der Waals surface area contributed by atoms with Crippen LogP contribution in [0.3, 0.4) is 0 Å². The van der Waals surface area contributed by atoms with E-state index in [4.69, 9.17) is 11.6 Å². The Morgan fingerprint density at radius 1 is 1.09 bits per heavy atom. The molecule has 0 heterocycles. The lowest BCUT2D eigenvalue weighted by Gasteiger charge is -2.08. The van der Waals surface area contributed by atoms with Gasteiger partial charge in [-0.05, 0) is 29.7 Å². The third-order valence-corrected chi connectivity index (χ3v) is 3.42. The Hall–Kier alpha value is -2.60. The second kappa shape index (κ2) is 8.14. The van der Waals surface area contributed by atoms with Crippen molar-refractivity contribution in [3.8, 4) is 0 Å². The Bertz CT molecular complexity index is 689. The minimum absolute atomic E-state index is 0.0565. The molecule has 0 aliphatic rings. The van der Waals surface area contributed by atoms with Gasteiger partial charge in [-0.1, -0.05) is 35.9 Å². The molecular formula is C16H16ClN3O3. The van der Waals surface area contributed by atoms with Gasteiger partial charge >= 0.3 is 6.03 Å². The maximum Gasteiger partial charge on any atom is 0.315 e. The number of nitrogens with zero attached hydrogens (tertiary/aromatic N) is 1. The average molecular weight is 334 g/mol. The van der Waals surface area contributed by atoms with E-state index in [1.54, 1.807) is 24.3 Å². The van der Waals surface area contributed by atoms with Crippen LogP contribution < -0.4 is 10.6 Å². The molecule has 0 bridgehead atoms. The summed E-state index contributed by atoms with van der Waals surface area (Å²) in [6.07, 6.45) is 0.600. The number of hydrogen-bond donors (Lipinski definition) is 2. The third-order valence-electron chi connectivity index (χ3n) is 3.19. The van der Waals surface area contributed by atoms with Gasteiger partial charge < -0.3 is 10.6 Å². The van der Waals surface area contributed by atoms with Crippen molar-refractivity contribution in [2.75, 3.05) is 6.54 Å². The molecule has 0 aliphatic carbocycles. The average Bonchev–Trinajstić information content (AvgIpc) is 2.53. The van der Waals surface area contributed by atoms with Crippen LogP contribution in [0.25, 0.3) is 0 Å². The largest absolute Gasteiger partial charge is 0.338 e. The Labute approximate surface area is 138 Å². The van der Waals surface area contributed by atoms with E-state index in [1.165, 1.54) is 12.1 Å². The van der Waals surface area contributed by atoms with Gasteiger partial charge in [0.2, 0.25) is 0 Å². The SMILES string of the molecule is O=C(NCCc1ccc([N+](=O)[O-])cc1)NCc1cccc(Cl)c1. The summed E-state index contributed by atoms with van der Waals surface area (Å²) in [5.74, 6) is 0. The number of urea groups is 1. The molecule has 0 atom stereocenters. The molecule has 0 aliphatic heterocycles. The standard InChI is InChI=1S/C16H16ClN3O3/c17-14-3-1-2-13(10-14)11-19-16(21)18-9-8-12-4-6-15(7-5-12)20(22)23/h1-7,10H,8-9,11H2,(H2,18,19,21). The number of carbonyl (C=O) groups excluding carboxylic acids is 1. The van der Waals surface area contributed by atoms with Crippen molar-refractivity contribution in [2.24, 2.45) is 0 Å². The lowest BCUT2D eigenvalue weighted by atomic mass is 10.1. The number of nitro groups is 1. The Morgan fingerprint density at radius 3 is 2.48 bits per heavy atom. The molecule has 0 saturated carbocycles. The molecule has 0 spiro atoms. The number of nitro benzene ring substituents is 1. The van der Waals surface area contributed by atoms with Crippen LogP contribution in [0.1, 0.15) is 11.1 Å². The number of nitrogens with one attached hydrogen (secondary N) is 2. The van der Waals surface area contributed by atoms with Crippen molar-refractivity contribution in [3.63, 3.8) is 0 Å². The highest BCUT2D eigenvalue weighted by molar-refractivity contribution is 6.30. The predicted octanol–water partition coefficient (Wildman–Crippen LogP) is 3.29. The summed E-state index contributed by atoms with van der Waals surface area (Å²) in [6, 6.07) is 13.3. The molecule has 6 nitrogen and oxygen atoms in total. The van der Waals surface area contributed by atoms with E-state index in [0.29, 0.717) is 24.5 Å². The second-order valence-corrected chi connectivity index (χ2v) is 5.35. The van der Waals surface area contributed by atoms with E-state index in [-0.39, 0.29) is 11.7 Å². The summed E-state index contributed by atoms with van der Waals surface area (Å²) < 4.78 is 0. The van der Waals surface area contributed by atoms with Crippen LogP contribution in [-0.2, 0) is 13.0 Å². The molecule has 2 aromatic rings. The van der Waals surface area contributed by atoms with Crippen molar-refractivity contribution in [2.45, 2.75) is 13.0 Å². The van der Waals surface area contributed by atoms with E-state index in [9.17, 15) is 14.9 Å². The van der Waals surface area contributed by atoms with Crippen LogP contribution in [-0.4, -0.2) is 17.5 Å². The fourth-order valence-electron chi connectivity index (χ4n) is 2.00. The zero-order valence-corrected chi connectivity index (χ0v) is 13.0. The van der Waals surface area contributed by atoms with Gasteiger partial charge in [-0.3, -0.25) is 10.1 Å². The smallest absolute Gasteiger partial charge is 0.315 e. The number of rotatable bonds is 6. The summed E-state index contributed by atoms with van der Waals surface area (Å²) >= 11 is 5.87. The highest BCUT2D eigenvalue weighted by Gasteiger charge is 2.04. The molecule has 0 radical (unpaired) electrons. The van der Waals surface area contributed by atoms with Crippen LogP contribution in [0, 0.1) is 10.1 Å². The van der Waals surface area contributed by atoms with E-state index in [1.807, 2.05) is 12.1 Å². The Morgan fingerprint density at radius 2 is 1.83 bits per heavy atom. The quantitative estimate of drug-likeness (QED) is 0.628. The number of carbonyl (C=O) groups is 1. The maximum atomic E-state index is 11.7. The monoisotopic (exact) mass is 333 g/mol. The van der Waals surface area contributed by atoms with Crippen molar-refractivity contribution in [1.82, 2.24) is 10.6 Å². The maximum absolute atomic E-state index is 11.7. The normalized spacial score (nSPS) is 10.1. The van der Waals surface area contributed by atoms with Crippen LogP contribution in [0.2, 0.25) is 5.02 Å². The van der Waals surface area contributed by atoms with E-state index < -0.39 is 4.92 Å². The molecule has 0 unspecified atom stereocenters. The predicted molar refractivity (Wildman–Crippen MR) is 88.5 cm³/mol. The minimum Gasteiger partial charge on any atom is -0.338 e. The Balaban J connectivity index is 1.71. The van der Waals surface area contributed by atoms with Gasteiger partial charge in [0, 0.05) is 30.2 Å². The highest BCUT2D eigenvalue weighted by Crippen LogP contribution is 2.12. The molecular weight excluding hydrogens is 318 g/mol. The topological polar surface area (TPSA) is 84.3 Å². The van der Waals surface area contributed by atoms with Crippen LogP contribution >= 0.6 is 11.6 Å². The molecule has 2 amide bonds. The summed E-state index contributed by atoms with van der Waals surface area (Å²) in [5, 5.41) is 16.7. The fraction of sp³-hybridized carbons (Fsp3) is 0.188. The van der Waals surface area contributed by atoms with Crippen molar-refractivity contribution >= 4 is 23.3 Å². The summed E-state index contributed by atoms with van der Waals surface area (Å²) in [7, 11) is 0. The van der Waals surface area contributed by atoms with Gasteiger partial charge in [0.1, 0.15) is 0 Å². The number of hydrogen-bond acceptors (Lipinski definition) is 3. The molecule has 0 saturated heterocycles. The number of halogens is 1. The first-order chi connectivity index (χ1) is 11.0. The molecule has 0 fully saturated rings. The van der Waals surface area contributed by atoms with Crippen LogP contribution in [0.5, 0.6) is 0 Å². The van der Waals surface area contributed by atoms with Gasteiger partial charge in [-0.15, -0.1) is 0 Å². The van der Waals surface area contributed by atoms with Gasteiger partial charge in [0.15, 0.2) is 0 Å². The summed E-state index contributed by atoms with van der Waals surface area (Å²) in [6.45, 7) is 0.836. The van der Waals surface area contributed by atoms with Crippen LogP contribution in [0.15, 0.2) is 48.5 Å². The molecule has 0 aromatic heterocycles. The summed E-state index contributed by atoms with van der Waals surface area (Å²) in [5.41, 5.74) is 1.90. The number of non-ortho nitro benzene ring substituents is 1. The first-order valence-corrected chi connectivity index (χ1v) is 7.42. The van der Waals surface area contributed by atoms with E-state index >= 15 is 0 Å². The fourth-order valence-corrected chi connectivity index (χ4v) is 2.21. The van der Waals surface area contributed by atoms with E-state index in [0.717, 1.165) is 11.1 Å². The van der Waals surface area contributed by atoms with Crippen LogP contribution in [0.4, 0.5) is 10.5 Å². The molecule has 120 valence electrons. The first-order valence-electron chi connectivity index (χ1n) is 7.04. The van der Waals surface area contributed by atoms with Crippen molar-refractivity contribution in [3.05, 3.63) is 74.8 Å². The molecule has 2 N–H and O–H groups in total. The van der Waals surface area contributed by atoms with Gasteiger partial charge in [-0.2, -0.15) is 0 Å². The first kappa shape index (κ1) is 16.8. The van der Waals surface area contributed by atoms with Gasteiger partial charge in [-0.25, -0.2) is 4.79 Å². The van der Waals surface area contributed by atoms with E-state index in [2.05, 4.69) is 10.6 Å². The number of amides is 2. The summed E-state index contributed by atoms with van der Waals surface area (Å²) in [4.78, 5) is 21.8. The van der Waals surface area contributed by atoms with Gasteiger partial charge in [0.25, 0.3) is 5.69 Å². The zero-order chi connectivity index (χ0) is 16.7.